The number of pyridine rings is 1. The van der Waals surface area contributed by atoms with Gasteiger partial charge in [0.2, 0.25) is 0 Å². The fraction of sp³-hybridized carbons (Fsp3) is 0.219. The van der Waals surface area contributed by atoms with Crippen LogP contribution < -0.4 is 5.32 Å². The molecule has 1 aromatic heterocycles. The summed E-state index contributed by atoms with van der Waals surface area (Å²) >= 11 is 1.45. The van der Waals surface area contributed by atoms with E-state index in [-0.39, 0.29) is 30.3 Å². The second kappa shape index (κ2) is 13.6. The lowest BCUT2D eigenvalue weighted by Gasteiger charge is -2.36. The summed E-state index contributed by atoms with van der Waals surface area (Å²) in [5.74, 6) is -0.605. The number of ether oxygens (including phenoxy) is 2. The smallest absolute Gasteiger partial charge is 0.336 e. The van der Waals surface area contributed by atoms with E-state index in [0.717, 1.165) is 22.3 Å². The van der Waals surface area contributed by atoms with Gasteiger partial charge >= 0.3 is 5.97 Å². The van der Waals surface area contributed by atoms with Crippen LogP contribution in [0.3, 0.4) is 0 Å². The van der Waals surface area contributed by atoms with Gasteiger partial charge in [-0.25, -0.2) is 4.79 Å². The molecule has 1 saturated heterocycles. The first-order chi connectivity index (χ1) is 20.0. The van der Waals surface area contributed by atoms with Crippen LogP contribution in [0, 0.1) is 0 Å². The molecule has 210 valence electrons. The average molecular weight is 571 g/mol. The maximum atomic E-state index is 12.4. The van der Waals surface area contributed by atoms with Crippen molar-refractivity contribution in [3.8, 4) is 0 Å². The second-order valence-corrected chi connectivity index (χ2v) is 10.7. The molecule has 1 fully saturated rings. The molecule has 3 atom stereocenters. The molecule has 3 N–H and O–H groups in total. The van der Waals surface area contributed by atoms with E-state index in [0.29, 0.717) is 29.2 Å². The minimum absolute atomic E-state index is 0.0329. The highest BCUT2D eigenvalue weighted by Crippen LogP contribution is 2.39. The number of aromatic nitrogens is 1. The Bertz CT molecular complexity index is 1460. The lowest BCUT2D eigenvalue weighted by Crippen LogP contribution is -2.31. The van der Waals surface area contributed by atoms with Gasteiger partial charge < -0.3 is 25.0 Å². The fourth-order valence-corrected chi connectivity index (χ4v) is 5.61. The lowest BCUT2D eigenvalue weighted by molar-refractivity contribution is -0.245. The standard InChI is InChI=1S/C32H30N2O6S/c35-19-22-9-11-23(12-10-22)28-16-26(20-41-29-6-2-1-5-27(29)31(37)38)39-32(40-28)24-13-7-21(8-14-24)17-34-30(36)25-4-3-15-33-18-25/h1-15,18,26,28,32,35H,16-17,19-20H2,(H,34,36)(H,37,38)/t26-,28+,32+/m1/s1. The molecule has 1 aliphatic rings. The van der Waals surface area contributed by atoms with Crippen molar-refractivity contribution in [3.05, 3.63) is 131 Å². The number of aliphatic hydroxyl groups is 1. The number of hydrogen-bond donors (Lipinski definition) is 3. The molecule has 0 bridgehead atoms. The van der Waals surface area contributed by atoms with E-state index in [9.17, 15) is 19.8 Å². The summed E-state index contributed by atoms with van der Waals surface area (Å²) in [6.07, 6.45) is 2.65. The van der Waals surface area contributed by atoms with E-state index < -0.39 is 12.3 Å². The molecule has 2 heterocycles. The SMILES string of the molecule is O=C(NCc1ccc([C@H]2O[C@@H](CSc3ccccc3C(=O)O)C[C@@H](c3ccc(CO)cc3)O2)cc1)c1cccnc1. The van der Waals surface area contributed by atoms with Gasteiger partial charge in [-0.3, -0.25) is 9.78 Å². The van der Waals surface area contributed by atoms with Crippen molar-refractivity contribution in [1.82, 2.24) is 10.3 Å². The van der Waals surface area contributed by atoms with E-state index in [1.807, 2.05) is 60.7 Å². The zero-order chi connectivity index (χ0) is 28.6. The van der Waals surface area contributed by atoms with Crippen LogP contribution in [0.2, 0.25) is 0 Å². The van der Waals surface area contributed by atoms with Gasteiger partial charge in [-0.2, -0.15) is 0 Å². The predicted molar refractivity (Wildman–Crippen MR) is 154 cm³/mol. The van der Waals surface area contributed by atoms with Gasteiger partial charge in [0, 0.05) is 41.6 Å². The Morgan fingerprint density at radius 3 is 2.34 bits per heavy atom. The third-order valence-electron chi connectivity index (χ3n) is 6.79. The highest BCUT2D eigenvalue weighted by molar-refractivity contribution is 7.99. The van der Waals surface area contributed by atoms with Crippen molar-refractivity contribution in [3.63, 3.8) is 0 Å². The van der Waals surface area contributed by atoms with Gasteiger partial charge in [-0.05, 0) is 41.0 Å². The van der Waals surface area contributed by atoms with Crippen LogP contribution >= 0.6 is 11.8 Å². The van der Waals surface area contributed by atoms with Crippen LogP contribution in [-0.4, -0.2) is 38.9 Å². The summed E-state index contributed by atoms with van der Waals surface area (Å²) in [7, 11) is 0. The molecule has 5 rings (SSSR count). The zero-order valence-electron chi connectivity index (χ0n) is 22.2. The van der Waals surface area contributed by atoms with E-state index in [1.54, 1.807) is 30.5 Å². The first-order valence-corrected chi connectivity index (χ1v) is 14.2. The number of rotatable bonds is 10. The minimum atomic E-state index is -0.961. The van der Waals surface area contributed by atoms with Crippen LogP contribution in [0.4, 0.5) is 0 Å². The molecule has 0 spiro atoms. The number of carboxylic acid groups (broad SMARTS) is 1. The monoisotopic (exact) mass is 570 g/mol. The van der Waals surface area contributed by atoms with Crippen LogP contribution in [0.1, 0.15) is 61.8 Å². The van der Waals surface area contributed by atoms with Crippen molar-refractivity contribution in [1.29, 1.82) is 0 Å². The van der Waals surface area contributed by atoms with Gasteiger partial charge in [0.15, 0.2) is 6.29 Å². The molecule has 0 radical (unpaired) electrons. The van der Waals surface area contributed by atoms with Gasteiger partial charge in [0.25, 0.3) is 5.91 Å². The predicted octanol–water partition coefficient (Wildman–Crippen LogP) is 5.54. The van der Waals surface area contributed by atoms with Gasteiger partial charge in [0.1, 0.15) is 0 Å². The Labute approximate surface area is 242 Å². The highest BCUT2D eigenvalue weighted by atomic mass is 32.2. The van der Waals surface area contributed by atoms with E-state index >= 15 is 0 Å². The summed E-state index contributed by atoms with van der Waals surface area (Å²) in [5.41, 5.74) is 4.33. The summed E-state index contributed by atoms with van der Waals surface area (Å²) in [6, 6.07) is 25.8. The number of nitrogens with zero attached hydrogens (tertiary/aromatic N) is 1. The number of thioether (sulfide) groups is 1. The average Bonchev–Trinajstić information content (AvgIpc) is 3.03. The Morgan fingerprint density at radius 1 is 0.902 bits per heavy atom. The van der Waals surface area contributed by atoms with Crippen molar-refractivity contribution < 1.29 is 29.3 Å². The van der Waals surface area contributed by atoms with Crippen molar-refractivity contribution in [2.24, 2.45) is 0 Å². The number of hydrogen-bond acceptors (Lipinski definition) is 7. The molecule has 0 aliphatic carbocycles. The minimum Gasteiger partial charge on any atom is -0.478 e. The quantitative estimate of drug-likeness (QED) is 0.213. The Morgan fingerprint density at radius 2 is 1.63 bits per heavy atom. The molecule has 1 aliphatic heterocycles. The normalized spacial score (nSPS) is 18.5. The molecular formula is C32H30N2O6S. The van der Waals surface area contributed by atoms with Crippen molar-refractivity contribution in [2.45, 2.75) is 43.0 Å². The highest BCUT2D eigenvalue weighted by Gasteiger charge is 2.32. The Balaban J connectivity index is 1.29. The summed E-state index contributed by atoms with van der Waals surface area (Å²) in [5, 5.41) is 21.9. The molecule has 0 saturated carbocycles. The molecule has 1 amide bonds. The third-order valence-corrected chi connectivity index (χ3v) is 7.99. The van der Waals surface area contributed by atoms with E-state index in [1.165, 1.54) is 18.0 Å². The number of aromatic carboxylic acids is 1. The number of benzene rings is 3. The molecule has 4 aromatic rings. The second-order valence-electron chi connectivity index (χ2n) is 9.63. The zero-order valence-corrected chi connectivity index (χ0v) is 23.0. The van der Waals surface area contributed by atoms with Crippen molar-refractivity contribution >= 4 is 23.6 Å². The maximum Gasteiger partial charge on any atom is 0.336 e. The summed E-state index contributed by atoms with van der Waals surface area (Å²) in [4.78, 5) is 28.7. The number of carbonyl (C=O) groups excluding carboxylic acids is 1. The van der Waals surface area contributed by atoms with Gasteiger partial charge in [-0.15, -0.1) is 11.8 Å². The summed E-state index contributed by atoms with van der Waals surface area (Å²) in [6.45, 7) is 0.331. The van der Waals surface area contributed by atoms with Gasteiger partial charge in [0.05, 0.1) is 29.9 Å². The first-order valence-electron chi connectivity index (χ1n) is 13.2. The fourth-order valence-electron chi connectivity index (χ4n) is 4.55. The molecule has 3 aromatic carbocycles. The number of nitrogens with one attached hydrogen (secondary N) is 1. The molecule has 9 heteroatoms. The van der Waals surface area contributed by atoms with E-state index in [4.69, 9.17) is 9.47 Å². The largest absolute Gasteiger partial charge is 0.478 e. The number of carbonyl (C=O) groups is 2. The first kappa shape index (κ1) is 28.5. The molecule has 0 unspecified atom stereocenters. The lowest BCUT2D eigenvalue weighted by atomic mass is 10.0. The summed E-state index contributed by atoms with van der Waals surface area (Å²) < 4.78 is 12.8. The van der Waals surface area contributed by atoms with Crippen LogP contribution in [0.15, 0.2) is 102 Å². The van der Waals surface area contributed by atoms with E-state index in [2.05, 4.69) is 10.3 Å². The van der Waals surface area contributed by atoms with Crippen LogP contribution in [0.25, 0.3) is 0 Å². The Hall–Kier alpha value is -4.02. The topological polar surface area (TPSA) is 118 Å². The Kier molecular flexibility index (Phi) is 9.43. The third kappa shape index (κ3) is 7.39. The van der Waals surface area contributed by atoms with Crippen LogP contribution in [0.5, 0.6) is 0 Å². The van der Waals surface area contributed by atoms with Crippen LogP contribution in [-0.2, 0) is 22.6 Å². The number of aliphatic hydroxyl groups excluding tert-OH is 1. The number of carboxylic acids is 1. The van der Waals surface area contributed by atoms with Gasteiger partial charge in [-0.1, -0.05) is 60.7 Å². The molecule has 8 nitrogen and oxygen atoms in total. The molecular weight excluding hydrogens is 540 g/mol. The van der Waals surface area contributed by atoms with Crippen molar-refractivity contribution in [2.75, 3.05) is 5.75 Å². The number of amides is 1. The maximum absolute atomic E-state index is 12.4. The molecule has 41 heavy (non-hydrogen) atoms.